The Morgan fingerprint density at radius 3 is 2.52 bits per heavy atom. The summed E-state index contributed by atoms with van der Waals surface area (Å²) in [6.45, 7) is 3.39. The highest BCUT2D eigenvalue weighted by molar-refractivity contribution is 5.95. The minimum atomic E-state index is -0.759. The summed E-state index contributed by atoms with van der Waals surface area (Å²) < 4.78 is 15.7. The van der Waals surface area contributed by atoms with Gasteiger partial charge in [-0.3, -0.25) is 0 Å². The highest BCUT2D eigenvalue weighted by atomic mass is 16.6. The third-order valence-corrected chi connectivity index (χ3v) is 4.03. The van der Waals surface area contributed by atoms with Gasteiger partial charge in [-0.05, 0) is 37.1 Å². The van der Waals surface area contributed by atoms with Crippen LogP contribution in [-0.4, -0.2) is 19.2 Å². The Hall–Kier alpha value is -3.08. The van der Waals surface area contributed by atoms with E-state index in [-0.39, 0.29) is 0 Å². The number of carbonyl (C=O) groups is 1. The van der Waals surface area contributed by atoms with E-state index in [9.17, 15) is 9.59 Å². The second-order valence-electron chi connectivity index (χ2n) is 5.69. The summed E-state index contributed by atoms with van der Waals surface area (Å²) in [4.78, 5) is 23.6. The molecule has 1 heterocycles. The van der Waals surface area contributed by atoms with E-state index in [1.807, 2.05) is 36.4 Å². The maximum Gasteiger partial charge on any atom is 0.346 e. The van der Waals surface area contributed by atoms with Crippen LogP contribution < -0.4 is 10.4 Å². The van der Waals surface area contributed by atoms with Gasteiger partial charge in [-0.25, -0.2) is 9.59 Å². The van der Waals surface area contributed by atoms with E-state index >= 15 is 0 Å². The molecule has 0 saturated carbocycles. The highest BCUT2D eigenvalue weighted by Crippen LogP contribution is 2.33. The SMILES string of the molecule is COC(=O)[C@@H](C)Oc1ccc2c(-c3ccccc3)cc(=O)oc2c1C. The van der Waals surface area contributed by atoms with Crippen molar-refractivity contribution in [2.75, 3.05) is 7.11 Å². The summed E-state index contributed by atoms with van der Waals surface area (Å²) >= 11 is 0. The molecule has 25 heavy (non-hydrogen) atoms. The molecule has 1 atom stereocenters. The zero-order valence-corrected chi connectivity index (χ0v) is 14.2. The number of benzene rings is 2. The first-order valence-electron chi connectivity index (χ1n) is 7.88. The molecular weight excluding hydrogens is 320 g/mol. The van der Waals surface area contributed by atoms with Crippen molar-refractivity contribution < 1.29 is 18.7 Å². The van der Waals surface area contributed by atoms with Crippen LogP contribution in [0.2, 0.25) is 0 Å². The second-order valence-corrected chi connectivity index (χ2v) is 5.69. The number of fused-ring (bicyclic) bond motifs is 1. The lowest BCUT2D eigenvalue weighted by atomic mass is 10.00. The molecule has 0 saturated heterocycles. The van der Waals surface area contributed by atoms with Gasteiger partial charge < -0.3 is 13.9 Å². The number of aryl methyl sites for hydroxylation is 1. The van der Waals surface area contributed by atoms with Crippen LogP contribution in [0.25, 0.3) is 22.1 Å². The predicted octanol–water partition coefficient (Wildman–Crippen LogP) is 3.71. The molecule has 3 rings (SSSR count). The summed E-state index contributed by atoms with van der Waals surface area (Å²) in [6, 6.07) is 14.7. The van der Waals surface area contributed by atoms with E-state index in [1.165, 1.54) is 13.2 Å². The number of esters is 1. The van der Waals surface area contributed by atoms with E-state index < -0.39 is 17.7 Å². The zero-order chi connectivity index (χ0) is 18.0. The van der Waals surface area contributed by atoms with Gasteiger partial charge in [-0.2, -0.15) is 0 Å². The summed E-state index contributed by atoms with van der Waals surface area (Å²) in [5.74, 6) is -0.00209. The van der Waals surface area contributed by atoms with Crippen molar-refractivity contribution >= 4 is 16.9 Å². The molecule has 0 aliphatic carbocycles. The van der Waals surface area contributed by atoms with Crippen molar-refractivity contribution in [3.05, 3.63) is 64.5 Å². The number of methoxy groups -OCH3 is 1. The minimum absolute atomic E-state index is 0.437. The minimum Gasteiger partial charge on any atom is -0.479 e. The molecule has 2 aromatic carbocycles. The molecule has 5 heteroatoms. The van der Waals surface area contributed by atoms with Gasteiger partial charge in [0.1, 0.15) is 11.3 Å². The van der Waals surface area contributed by atoms with Gasteiger partial charge in [0.05, 0.1) is 7.11 Å². The van der Waals surface area contributed by atoms with Crippen molar-refractivity contribution in [2.45, 2.75) is 20.0 Å². The fourth-order valence-electron chi connectivity index (χ4n) is 2.73. The quantitative estimate of drug-likeness (QED) is 0.536. The van der Waals surface area contributed by atoms with Crippen LogP contribution in [0.3, 0.4) is 0 Å². The zero-order valence-electron chi connectivity index (χ0n) is 14.2. The Labute approximate surface area is 144 Å². The normalized spacial score (nSPS) is 12.0. The van der Waals surface area contributed by atoms with Crippen LogP contribution in [0.1, 0.15) is 12.5 Å². The van der Waals surface area contributed by atoms with Gasteiger partial charge in [0.2, 0.25) is 0 Å². The van der Waals surface area contributed by atoms with Crippen LogP contribution in [0.15, 0.2) is 57.7 Å². The largest absolute Gasteiger partial charge is 0.479 e. The van der Waals surface area contributed by atoms with Crippen molar-refractivity contribution in [2.24, 2.45) is 0 Å². The molecule has 3 aromatic rings. The Balaban J connectivity index is 2.14. The Bertz CT molecular complexity index is 973. The van der Waals surface area contributed by atoms with Crippen LogP contribution in [0, 0.1) is 6.92 Å². The Morgan fingerprint density at radius 2 is 1.84 bits per heavy atom. The van der Waals surface area contributed by atoms with Gasteiger partial charge in [-0.15, -0.1) is 0 Å². The average Bonchev–Trinajstić information content (AvgIpc) is 2.63. The van der Waals surface area contributed by atoms with Crippen molar-refractivity contribution in [3.63, 3.8) is 0 Å². The lowest BCUT2D eigenvalue weighted by Gasteiger charge is -2.16. The topological polar surface area (TPSA) is 65.7 Å². The molecule has 0 radical (unpaired) electrons. The van der Waals surface area contributed by atoms with Crippen molar-refractivity contribution in [1.82, 2.24) is 0 Å². The number of ether oxygens (including phenoxy) is 2. The summed E-state index contributed by atoms with van der Waals surface area (Å²) in [5, 5.41) is 0.807. The standard InChI is InChI=1S/C20H18O5/c1-12-17(24-13(2)20(22)23-3)10-9-15-16(11-18(21)25-19(12)15)14-7-5-4-6-8-14/h4-11,13H,1-3H3/t13-/m1/s1. The van der Waals surface area contributed by atoms with Gasteiger partial charge in [0.25, 0.3) is 0 Å². The second kappa shape index (κ2) is 6.81. The monoisotopic (exact) mass is 338 g/mol. The first kappa shape index (κ1) is 16.8. The van der Waals surface area contributed by atoms with Crippen molar-refractivity contribution in [1.29, 1.82) is 0 Å². The number of hydrogen-bond acceptors (Lipinski definition) is 5. The van der Waals surface area contributed by atoms with E-state index in [2.05, 4.69) is 4.74 Å². The van der Waals surface area contributed by atoms with E-state index in [0.29, 0.717) is 16.9 Å². The molecule has 0 fully saturated rings. The first-order valence-corrected chi connectivity index (χ1v) is 7.88. The fraction of sp³-hybridized carbons (Fsp3) is 0.200. The van der Waals surface area contributed by atoms with E-state index in [0.717, 1.165) is 16.5 Å². The molecule has 0 aliphatic rings. The van der Waals surface area contributed by atoms with Gasteiger partial charge in [0.15, 0.2) is 6.10 Å². The summed E-state index contributed by atoms with van der Waals surface area (Å²) in [6.07, 6.45) is -0.759. The molecule has 5 nitrogen and oxygen atoms in total. The molecule has 0 unspecified atom stereocenters. The molecule has 0 amide bonds. The number of hydrogen-bond donors (Lipinski definition) is 0. The average molecular weight is 338 g/mol. The summed E-state index contributed by atoms with van der Waals surface area (Å²) in [5.41, 5.74) is 2.38. The lowest BCUT2D eigenvalue weighted by molar-refractivity contribution is -0.147. The third-order valence-electron chi connectivity index (χ3n) is 4.03. The third kappa shape index (κ3) is 3.26. The molecule has 0 bridgehead atoms. The Morgan fingerprint density at radius 1 is 1.12 bits per heavy atom. The predicted molar refractivity (Wildman–Crippen MR) is 94.8 cm³/mol. The fourth-order valence-corrected chi connectivity index (χ4v) is 2.73. The number of carbonyl (C=O) groups excluding carboxylic acids is 1. The van der Waals surface area contributed by atoms with Gasteiger partial charge in [0, 0.05) is 17.0 Å². The maximum atomic E-state index is 12.0. The Kier molecular flexibility index (Phi) is 4.57. The molecule has 0 aliphatic heterocycles. The first-order chi connectivity index (χ1) is 12.0. The van der Waals surface area contributed by atoms with Gasteiger partial charge in [-0.1, -0.05) is 30.3 Å². The van der Waals surface area contributed by atoms with Crippen LogP contribution in [-0.2, 0) is 9.53 Å². The van der Waals surface area contributed by atoms with Crippen LogP contribution in [0.4, 0.5) is 0 Å². The van der Waals surface area contributed by atoms with E-state index in [4.69, 9.17) is 9.15 Å². The molecular formula is C20H18O5. The molecule has 0 N–H and O–H groups in total. The molecule has 0 spiro atoms. The van der Waals surface area contributed by atoms with Crippen molar-refractivity contribution in [3.8, 4) is 16.9 Å². The van der Waals surface area contributed by atoms with E-state index in [1.54, 1.807) is 19.9 Å². The summed E-state index contributed by atoms with van der Waals surface area (Å²) in [7, 11) is 1.31. The smallest absolute Gasteiger partial charge is 0.346 e. The number of rotatable bonds is 4. The maximum absolute atomic E-state index is 12.0. The van der Waals surface area contributed by atoms with Gasteiger partial charge >= 0.3 is 11.6 Å². The highest BCUT2D eigenvalue weighted by Gasteiger charge is 2.18. The van der Waals surface area contributed by atoms with Crippen LogP contribution >= 0.6 is 0 Å². The lowest BCUT2D eigenvalue weighted by Crippen LogP contribution is -2.25. The molecule has 128 valence electrons. The molecule has 1 aromatic heterocycles. The van der Waals surface area contributed by atoms with Crippen LogP contribution in [0.5, 0.6) is 5.75 Å².